The zero-order valence-corrected chi connectivity index (χ0v) is 20.9. The highest BCUT2D eigenvalue weighted by Crippen LogP contribution is 2.07. The van der Waals surface area contributed by atoms with Gasteiger partial charge in [0.05, 0.1) is 12.5 Å². The van der Waals surface area contributed by atoms with E-state index >= 15 is 0 Å². The monoisotopic (exact) mass is 529 g/mol. The van der Waals surface area contributed by atoms with Gasteiger partial charge in [0.1, 0.15) is 18.1 Å². The molecule has 11 nitrogen and oxygen atoms in total. The van der Waals surface area contributed by atoms with E-state index in [1.807, 2.05) is 0 Å². The third-order valence-electron chi connectivity index (χ3n) is 5.38. The van der Waals surface area contributed by atoms with Crippen LogP contribution in [0.25, 0.3) is 0 Å². The number of carboxylic acids is 1. The summed E-state index contributed by atoms with van der Waals surface area (Å²) >= 11 is 3.99. The van der Waals surface area contributed by atoms with Gasteiger partial charge in [0.25, 0.3) is 0 Å². The maximum absolute atomic E-state index is 13.2. The molecular formula is C25H31N5O6S. The molecule has 8 N–H and O–H groups in total. The number of amides is 4. The molecule has 2 rings (SSSR count). The van der Waals surface area contributed by atoms with Gasteiger partial charge in [-0.05, 0) is 11.1 Å². The summed E-state index contributed by atoms with van der Waals surface area (Å²) in [4.78, 5) is 61.9. The summed E-state index contributed by atoms with van der Waals surface area (Å²) in [5, 5.41) is 16.9. The first kappa shape index (κ1) is 29.3. The van der Waals surface area contributed by atoms with Crippen molar-refractivity contribution in [3.05, 3.63) is 71.8 Å². The van der Waals surface area contributed by atoms with Crippen LogP contribution in [-0.2, 0) is 36.8 Å². The van der Waals surface area contributed by atoms with E-state index in [-0.39, 0.29) is 18.6 Å². The molecule has 198 valence electrons. The van der Waals surface area contributed by atoms with Crippen molar-refractivity contribution in [3.63, 3.8) is 0 Å². The lowest BCUT2D eigenvalue weighted by Gasteiger charge is -2.25. The Morgan fingerprint density at radius 2 is 1.16 bits per heavy atom. The van der Waals surface area contributed by atoms with Gasteiger partial charge in [-0.2, -0.15) is 12.6 Å². The van der Waals surface area contributed by atoms with E-state index < -0.39 is 60.2 Å². The number of benzene rings is 2. The predicted molar refractivity (Wildman–Crippen MR) is 139 cm³/mol. The number of rotatable bonds is 14. The molecule has 0 spiro atoms. The van der Waals surface area contributed by atoms with Crippen molar-refractivity contribution in [1.29, 1.82) is 0 Å². The standard InChI is InChI=1S/C25H31N5O6S/c26-17(14-37)22(32)28-18(11-15-7-3-1-4-8-15)23(33)29-19(13-21(27)31)24(34)30-20(25(35)36)12-16-9-5-2-6-10-16/h1-10,17-20,37H,11-14,26H2,(H2,27,31)(H,28,32)(H,29,33)(H,30,34)(H,35,36). The lowest BCUT2D eigenvalue weighted by molar-refractivity contribution is -0.142. The number of nitrogens with one attached hydrogen (secondary N) is 3. The minimum Gasteiger partial charge on any atom is -0.480 e. The zero-order valence-electron chi connectivity index (χ0n) is 20.0. The average molecular weight is 530 g/mol. The fourth-order valence-electron chi connectivity index (χ4n) is 3.43. The summed E-state index contributed by atoms with van der Waals surface area (Å²) in [7, 11) is 0. The third kappa shape index (κ3) is 9.94. The van der Waals surface area contributed by atoms with Gasteiger partial charge in [-0.15, -0.1) is 0 Å². The largest absolute Gasteiger partial charge is 0.480 e. The molecule has 37 heavy (non-hydrogen) atoms. The number of carbonyl (C=O) groups is 5. The lowest BCUT2D eigenvalue weighted by atomic mass is 10.0. The van der Waals surface area contributed by atoms with Crippen molar-refractivity contribution in [2.75, 3.05) is 5.75 Å². The highest BCUT2D eigenvalue weighted by molar-refractivity contribution is 7.80. The Bertz CT molecular complexity index is 1090. The van der Waals surface area contributed by atoms with Crippen molar-refractivity contribution in [1.82, 2.24) is 16.0 Å². The molecule has 0 fully saturated rings. The van der Waals surface area contributed by atoms with E-state index in [0.717, 1.165) is 0 Å². The van der Waals surface area contributed by atoms with Gasteiger partial charge in [-0.1, -0.05) is 60.7 Å². The van der Waals surface area contributed by atoms with Crippen LogP contribution in [0.5, 0.6) is 0 Å². The molecule has 4 atom stereocenters. The highest BCUT2D eigenvalue weighted by atomic mass is 32.1. The fourth-order valence-corrected chi connectivity index (χ4v) is 3.59. The highest BCUT2D eigenvalue weighted by Gasteiger charge is 2.31. The number of hydrogen-bond acceptors (Lipinski definition) is 7. The number of aliphatic carboxylic acids is 1. The van der Waals surface area contributed by atoms with Gasteiger partial charge in [0.15, 0.2) is 0 Å². The Morgan fingerprint density at radius 3 is 1.62 bits per heavy atom. The lowest BCUT2D eigenvalue weighted by Crippen LogP contribution is -2.58. The van der Waals surface area contributed by atoms with E-state index in [0.29, 0.717) is 11.1 Å². The van der Waals surface area contributed by atoms with Crippen molar-refractivity contribution >= 4 is 42.2 Å². The second kappa shape index (κ2) is 14.6. The number of primary amides is 1. The summed E-state index contributed by atoms with van der Waals surface area (Å²) in [6, 6.07) is 12.5. The quantitative estimate of drug-likeness (QED) is 0.155. The molecule has 0 heterocycles. The summed E-state index contributed by atoms with van der Waals surface area (Å²) in [5.41, 5.74) is 12.4. The van der Waals surface area contributed by atoms with E-state index in [9.17, 15) is 29.1 Å². The van der Waals surface area contributed by atoms with E-state index in [1.165, 1.54) is 0 Å². The number of hydrogen-bond donors (Lipinski definition) is 7. The van der Waals surface area contributed by atoms with Gasteiger partial charge >= 0.3 is 5.97 Å². The topological polar surface area (TPSA) is 194 Å². The molecule has 0 aromatic heterocycles. The van der Waals surface area contributed by atoms with Crippen LogP contribution in [0.2, 0.25) is 0 Å². The van der Waals surface area contributed by atoms with E-state index in [2.05, 4.69) is 28.6 Å². The van der Waals surface area contributed by atoms with Gasteiger partial charge in [-0.25, -0.2) is 4.79 Å². The third-order valence-corrected chi connectivity index (χ3v) is 5.78. The molecule has 0 aliphatic heterocycles. The maximum atomic E-state index is 13.2. The summed E-state index contributed by atoms with van der Waals surface area (Å²) in [6.45, 7) is 0. The Morgan fingerprint density at radius 1 is 0.730 bits per heavy atom. The van der Waals surface area contributed by atoms with Crippen LogP contribution in [0.15, 0.2) is 60.7 Å². The van der Waals surface area contributed by atoms with Gasteiger partial charge in [-0.3, -0.25) is 19.2 Å². The molecule has 0 saturated carbocycles. The summed E-state index contributed by atoms with van der Waals surface area (Å²) in [6.07, 6.45) is -0.542. The first-order valence-corrected chi connectivity index (χ1v) is 12.1. The minimum absolute atomic E-state index is 0.0204. The summed E-state index contributed by atoms with van der Waals surface area (Å²) < 4.78 is 0. The minimum atomic E-state index is -1.48. The van der Waals surface area contributed by atoms with Crippen molar-refractivity contribution in [2.45, 2.75) is 43.4 Å². The number of carbonyl (C=O) groups excluding carboxylic acids is 4. The first-order valence-electron chi connectivity index (χ1n) is 11.5. The molecule has 0 aliphatic carbocycles. The van der Waals surface area contributed by atoms with E-state index in [1.54, 1.807) is 60.7 Å². The fraction of sp³-hybridized carbons (Fsp3) is 0.320. The average Bonchev–Trinajstić information content (AvgIpc) is 2.87. The van der Waals surface area contributed by atoms with E-state index in [4.69, 9.17) is 11.5 Å². The molecule has 0 bridgehead atoms. The first-order chi connectivity index (χ1) is 17.6. The number of nitrogens with two attached hydrogens (primary N) is 2. The maximum Gasteiger partial charge on any atom is 0.326 e. The van der Waals surface area contributed by atoms with Crippen LogP contribution in [0.4, 0.5) is 0 Å². The Hall–Kier alpha value is -3.90. The van der Waals surface area contributed by atoms with Crippen LogP contribution in [-0.4, -0.2) is 64.6 Å². The van der Waals surface area contributed by atoms with Crippen molar-refractivity contribution in [2.24, 2.45) is 11.5 Å². The molecule has 0 radical (unpaired) electrons. The normalized spacial score (nSPS) is 13.9. The van der Waals surface area contributed by atoms with Crippen LogP contribution in [0, 0.1) is 0 Å². The van der Waals surface area contributed by atoms with Crippen molar-refractivity contribution in [3.8, 4) is 0 Å². The van der Waals surface area contributed by atoms with Crippen LogP contribution >= 0.6 is 12.6 Å². The molecule has 2 aromatic carbocycles. The Labute approximate surface area is 219 Å². The second-order valence-corrected chi connectivity index (χ2v) is 8.73. The number of thiol groups is 1. The molecule has 4 unspecified atom stereocenters. The van der Waals surface area contributed by atoms with Crippen LogP contribution in [0.1, 0.15) is 17.5 Å². The smallest absolute Gasteiger partial charge is 0.326 e. The molecular weight excluding hydrogens is 498 g/mol. The SMILES string of the molecule is NC(=O)CC(NC(=O)C(Cc1ccccc1)NC(=O)C(N)CS)C(=O)NC(Cc1ccccc1)C(=O)O. The van der Waals surface area contributed by atoms with Crippen LogP contribution < -0.4 is 27.4 Å². The predicted octanol–water partition coefficient (Wildman–Crippen LogP) is -0.857. The van der Waals surface area contributed by atoms with Gasteiger partial charge < -0.3 is 32.5 Å². The van der Waals surface area contributed by atoms with Gasteiger partial charge in [0, 0.05) is 18.6 Å². The molecule has 4 amide bonds. The van der Waals surface area contributed by atoms with Crippen LogP contribution in [0.3, 0.4) is 0 Å². The number of carboxylic acid groups (broad SMARTS) is 1. The Balaban J connectivity index is 2.21. The molecule has 12 heteroatoms. The molecule has 0 aliphatic rings. The molecule has 2 aromatic rings. The van der Waals surface area contributed by atoms with Crippen molar-refractivity contribution < 1.29 is 29.1 Å². The zero-order chi connectivity index (χ0) is 27.4. The Kier molecular flexibility index (Phi) is 11.6. The molecule has 0 saturated heterocycles. The second-order valence-electron chi connectivity index (χ2n) is 8.36. The van der Waals surface area contributed by atoms with Gasteiger partial charge in [0.2, 0.25) is 23.6 Å². The summed E-state index contributed by atoms with van der Waals surface area (Å²) in [5.74, 6) is -4.47.